The number of nitrogen functional groups attached to an aromatic ring is 1. The summed E-state index contributed by atoms with van der Waals surface area (Å²) in [6, 6.07) is 10.6. The Hall–Kier alpha value is -1.59. The van der Waals surface area contributed by atoms with E-state index in [1.165, 1.54) is 4.31 Å². The number of hydrogen-bond acceptors (Lipinski definition) is 3. The Bertz CT molecular complexity index is 739. The SMILES string of the molecule is CCN(CC(C)C)S(=O)(=O)c1ccc(N)c2ccccc12. The molecule has 0 fully saturated rings. The topological polar surface area (TPSA) is 63.4 Å². The van der Waals surface area contributed by atoms with Gasteiger partial charge in [0.25, 0.3) is 0 Å². The van der Waals surface area contributed by atoms with Crippen molar-refractivity contribution >= 4 is 26.5 Å². The van der Waals surface area contributed by atoms with E-state index in [0.717, 1.165) is 5.39 Å². The molecule has 0 bridgehead atoms. The molecule has 0 heterocycles. The fourth-order valence-corrected chi connectivity index (χ4v) is 4.27. The number of hydrogen-bond donors (Lipinski definition) is 1. The molecule has 2 rings (SSSR count). The van der Waals surface area contributed by atoms with E-state index in [-0.39, 0.29) is 5.92 Å². The predicted molar refractivity (Wildman–Crippen MR) is 87.6 cm³/mol. The maximum absolute atomic E-state index is 12.9. The van der Waals surface area contributed by atoms with E-state index in [9.17, 15) is 8.42 Å². The Morgan fingerprint density at radius 2 is 1.71 bits per heavy atom. The van der Waals surface area contributed by atoms with E-state index in [1.807, 2.05) is 45.0 Å². The summed E-state index contributed by atoms with van der Waals surface area (Å²) in [5.74, 6) is 0.278. The molecule has 0 aliphatic heterocycles. The Balaban J connectivity index is 2.62. The molecule has 5 heteroatoms. The molecule has 0 atom stereocenters. The molecule has 4 nitrogen and oxygen atoms in total. The molecule has 0 aliphatic carbocycles. The first kappa shape index (κ1) is 15.8. The Kier molecular flexibility index (Phi) is 4.54. The van der Waals surface area contributed by atoms with Gasteiger partial charge in [0.2, 0.25) is 10.0 Å². The Morgan fingerprint density at radius 1 is 1.10 bits per heavy atom. The molecule has 0 aliphatic rings. The number of rotatable bonds is 5. The summed E-state index contributed by atoms with van der Waals surface area (Å²) in [6.07, 6.45) is 0. The standard InChI is InChI=1S/C16H22N2O2S/c1-4-18(11-12(2)3)21(19,20)16-10-9-15(17)13-7-5-6-8-14(13)16/h5-10,12H,4,11,17H2,1-3H3. The lowest BCUT2D eigenvalue weighted by Gasteiger charge is -2.23. The van der Waals surface area contributed by atoms with Crippen LogP contribution in [-0.4, -0.2) is 25.8 Å². The largest absolute Gasteiger partial charge is 0.398 e. The molecule has 0 saturated heterocycles. The average Bonchev–Trinajstić information content (AvgIpc) is 2.44. The van der Waals surface area contributed by atoms with Crippen molar-refractivity contribution in [1.29, 1.82) is 0 Å². The molecule has 0 saturated carbocycles. The highest BCUT2D eigenvalue weighted by Crippen LogP contribution is 2.29. The van der Waals surface area contributed by atoms with Crippen molar-refractivity contribution in [3.8, 4) is 0 Å². The minimum absolute atomic E-state index is 0.278. The van der Waals surface area contributed by atoms with Crippen LogP contribution in [0.3, 0.4) is 0 Å². The number of nitrogens with two attached hydrogens (primary N) is 1. The van der Waals surface area contributed by atoms with Crippen molar-refractivity contribution in [1.82, 2.24) is 4.31 Å². The number of anilines is 1. The van der Waals surface area contributed by atoms with Gasteiger partial charge >= 0.3 is 0 Å². The van der Waals surface area contributed by atoms with Gasteiger partial charge in [-0.05, 0) is 18.1 Å². The fourth-order valence-electron chi connectivity index (χ4n) is 2.46. The third-order valence-electron chi connectivity index (χ3n) is 3.46. The highest BCUT2D eigenvalue weighted by molar-refractivity contribution is 7.89. The third kappa shape index (κ3) is 3.04. The van der Waals surface area contributed by atoms with Crippen LogP contribution in [0.25, 0.3) is 10.8 Å². The van der Waals surface area contributed by atoms with Crippen molar-refractivity contribution in [2.24, 2.45) is 5.92 Å². The second-order valence-electron chi connectivity index (χ2n) is 5.55. The highest BCUT2D eigenvalue weighted by Gasteiger charge is 2.25. The first-order valence-electron chi connectivity index (χ1n) is 7.15. The third-order valence-corrected chi connectivity index (χ3v) is 5.46. The van der Waals surface area contributed by atoms with Gasteiger partial charge in [-0.1, -0.05) is 45.0 Å². The molecule has 2 N–H and O–H groups in total. The summed E-state index contributed by atoms with van der Waals surface area (Å²) in [7, 11) is -3.51. The quantitative estimate of drug-likeness (QED) is 0.863. The van der Waals surface area contributed by atoms with Gasteiger partial charge in [-0.2, -0.15) is 4.31 Å². The highest BCUT2D eigenvalue weighted by atomic mass is 32.2. The molecule has 114 valence electrons. The average molecular weight is 306 g/mol. The number of fused-ring (bicyclic) bond motifs is 1. The van der Waals surface area contributed by atoms with Gasteiger partial charge in [0.15, 0.2) is 0 Å². The molecule has 21 heavy (non-hydrogen) atoms. The summed E-state index contributed by atoms with van der Waals surface area (Å²) >= 11 is 0. The molecule has 0 spiro atoms. The van der Waals surface area contributed by atoms with E-state index in [1.54, 1.807) is 12.1 Å². The minimum atomic E-state index is -3.51. The van der Waals surface area contributed by atoms with Gasteiger partial charge in [-0.15, -0.1) is 0 Å². The first-order valence-corrected chi connectivity index (χ1v) is 8.59. The molecule has 2 aromatic carbocycles. The molecule has 0 aromatic heterocycles. The zero-order valence-corrected chi connectivity index (χ0v) is 13.5. The minimum Gasteiger partial charge on any atom is -0.398 e. The van der Waals surface area contributed by atoms with Crippen molar-refractivity contribution in [2.45, 2.75) is 25.7 Å². The number of benzene rings is 2. The molecule has 0 amide bonds. The fraction of sp³-hybridized carbons (Fsp3) is 0.375. The molecule has 0 radical (unpaired) electrons. The van der Waals surface area contributed by atoms with Crippen LogP contribution >= 0.6 is 0 Å². The molecule has 2 aromatic rings. The van der Waals surface area contributed by atoms with Crippen LogP contribution < -0.4 is 5.73 Å². The van der Waals surface area contributed by atoms with Crippen LogP contribution in [-0.2, 0) is 10.0 Å². The summed E-state index contributed by atoms with van der Waals surface area (Å²) in [5.41, 5.74) is 6.54. The van der Waals surface area contributed by atoms with Crippen LogP contribution in [0, 0.1) is 5.92 Å². The number of sulfonamides is 1. The number of nitrogens with zero attached hydrogens (tertiary/aromatic N) is 1. The monoisotopic (exact) mass is 306 g/mol. The second-order valence-corrected chi connectivity index (χ2v) is 7.45. The summed E-state index contributed by atoms with van der Waals surface area (Å²) in [4.78, 5) is 0.329. The zero-order chi connectivity index (χ0) is 15.6. The lowest BCUT2D eigenvalue weighted by atomic mass is 10.1. The van der Waals surface area contributed by atoms with Crippen molar-refractivity contribution < 1.29 is 8.42 Å². The summed E-state index contributed by atoms with van der Waals surface area (Å²) in [6.45, 7) is 6.86. The van der Waals surface area contributed by atoms with Gasteiger partial charge in [-0.25, -0.2) is 8.42 Å². The van der Waals surface area contributed by atoms with Crippen LogP contribution in [0.2, 0.25) is 0 Å². The van der Waals surface area contributed by atoms with Gasteiger partial charge in [0, 0.05) is 29.5 Å². The smallest absolute Gasteiger partial charge is 0.243 e. The molecular formula is C16H22N2O2S. The van der Waals surface area contributed by atoms with Crippen molar-refractivity contribution in [2.75, 3.05) is 18.8 Å². The van der Waals surface area contributed by atoms with Crippen LogP contribution in [0.5, 0.6) is 0 Å². The van der Waals surface area contributed by atoms with E-state index >= 15 is 0 Å². The lowest BCUT2D eigenvalue weighted by Crippen LogP contribution is -2.34. The lowest BCUT2D eigenvalue weighted by molar-refractivity contribution is 0.381. The summed E-state index contributed by atoms with van der Waals surface area (Å²) < 4.78 is 27.3. The van der Waals surface area contributed by atoms with Crippen LogP contribution in [0.4, 0.5) is 5.69 Å². The second kappa shape index (κ2) is 6.03. The van der Waals surface area contributed by atoms with Crippen molar-refractivity contribution in [3.05, 3.63) is 36.4 Å². The maximum atomic E-state index is 12.9. The van der Waals surface area contributed by atoms with Crippen molar-refractivity contribution in [3.63, 3.8) is 0 Å². The molecule has 0 unspecified atom stereocenters. The van der Waals surface area contributed by atoms with Gasteiger partial charge in [0.1, 0.15) is 0 Å². The Labute approximate surface area is 126 Å². The van der Waals surface area contributed by atoms with E-state index in [0.29, 0.717) is 29.1 Å². The molecular weight excluding hydrogens is 284 g/mol. The van der Waals surface area contributed by atoms with E-state index < -0.39 is 10.0 Å². The van der Waals surface area contributed by atoms with Gasteiger partial charge in [0.05, 0.1) is 4.90 Å². The van der Waals surface area contributed by atoms with E-state index in [2.05, 4.69) is 0 Å². The van der Waals surface area contributed by atoms with Gasteiger partial charge < -0.3 is 5.73 Å². The van der Waals surface area contributed by atoms with Crippen LogP contribution in [0.1, 0.15) is 20.8 Å². The first-order chi connectivity index (χ1) is 9.87. The maximum Gasteiger partial charge on any atom is 0.243 e. The summed E-state index contributed by atoms with van der Waals surface area (Å²) in [5, 5.41) is 1.46. The van der Waals surface area contributed by atoms with E-state index in [4.69, 9.17) is 5.73 Å². The zero-order valence-electron chi connectivity index (χ0n) is 12.7. The Morgan fingerprint density at radius 3 is 2.29 bits per heavy atom. The normalized spacial score (nSPS) is 12.4. The van der Waals surface area contributed by atoms with Crippen LogP contribution in [0.15, 0.2) is 41.3 Å². The van der Waals surface area contributed by atoms with Gasteiger partial charge in [-0.3, -0.25) is 0 Å². The predicted octanol–water partition coefficient (Wildman–Crippen LogP) is 3.09.